The van der Waals surface area contributed by atoms with E-state index in [2.05, 4.69) is 10.6 Å². The summed E-state index contributed by atoms with van der Waals surface area (Å²) in [5.74, 6) is -1.74. The third kappa shape index (κ3) is 6.68. The summed E-state index contributed by atoms with van der Waals surface area (Å²) >= 11 is 0. The Bertz CT molecular complexity index is 876. The van der Waals surface area contributed by atoms with E-state index in [4.69, 9.17) is 4.74 Å². The number of ether oxygens (including phenoxy) is 1. The molecule has 2 rings (SSSR count). The van der Waals surface area contributed by atoms with Crippen LogP contribution in [0.25, 0.3) is 0 Å². The molecule has 0 aliphatic rings. The van der Waals surface area contributed by atoms with Crippen LogP contribution in [0.15, 0.2) is 42.5 Å². The minimum atomic E-state index is -5.02. The first kappa shape index (κ1) is 23.0. The largest absolute Gasteiger partial charge is 0.484 e. The Morgan fingerprint density at radius 3 is 1.87 bits per heavy atom. The van der Waals surface area contributed by atoms with Gasteiger partial charge in [0.2, 0.25) is 5.91 Å². The molecule has 2 N–H and O–H groups in total. The molecule has 0 saturated carbocycles. The fraction of sp³-hybridized carbons (Fsp3) is 0.263. The lowest BCUT2D eigenvalue weighted by atomic mass is 10.1. The normalized spacial score (nSPS) is 11.7. The molecule has 0 aliphatic heterocycles. The van der Waals surface area contributed by atoms with Crippen LogP contribution in [-0.4, -0.2) is 25.5 Å². The van der Waals surface area contributed by atoms with Crippen LogP contribution < -0.4 is 15.4 Å². The fourth-order valence-electron chi connectivity index (χ4n) is 2.34. The van der Waals surface area contributed by atoms with Crippen LogP contribution >= 0.6 is 0 Å². The molecule has 2 aromatic rings. The van der Waals surface area contributed by atoms with Crippen molar-refractivity contribution in [3.05, 3.63) is 59.2 Å². The predicted octanol–water partition coefficient (Wildman–Crippen LogP) is 4.03. The van der Waals surface area contributed by atoms with Crippen molar-refractivity contribution in [1.82, 2.24) is 5.32 Å². The van der Waals surface area contributed by atoms with E-state index in [0.29, 0.717) is 23.4 Å². The predicted molar refractivity (Wildman–Crippen MR) is 94.8 cm³/mol. The van der Waals surface area contributed by atoms with E-state index < -0.39 is 41.7 Å². The third-order valence-corrected chi connectivity index (χ3v) is 3.81. The second kappa shape index (κ2) is 9.06. The van der Waals surface area contributed by atoms with Crippen molar-refractivity contribution >= 4 is 17.5 Å². The monoisotopic (exact) mass is 434 g/mol. The van der Waals surface area contributed by atoms with Gasteiger partial charge in [-0.3, -0.25) is 9.59 Å². The number of carbonyl (C=O) groups excluding carboxylic acids is 2. The summed E-state index contributed by atoms with van der Waals surface area (Å²) in [6, 6.07) is 6.87. The molecule has 2 amide bonds. The Morgan fingerprint density at radius 2 is 1.40 bits per heavy atom. The zero-order chi connectivity index (χ0) is 22.5. The molecule has 0 bridgehead atoms. The number of amides is 2. The highest BCUT2D eigenvalue weighted by Crippen LogP contribution is 2.38. The molecule has 0 aliphatic carbocycles. The van der Waals surface area contributed by atoms with Crippen molar-refractivity contribution in [2.24, 2.45) is 0 Å². The molecular weight excluding hydrogens is 418 g/mol. The van der Waals surface area contributed by atoms with Crippen LogP contribution in [0.2, 0.25) is 0 Å². The number of hydrogen-bond acceptors (Lipinski definition) is 3. The van der Waals surface area contributed by atoms with Gasteiger partial charge in [-0.15, -0.1) is 0 Å². The lowest BCUT2D eigenvalue weighted by Crippen LogP contribution is -2.21. The highest BCUT2D eigenvalue weighted by molar-refractivity contribution is 5.92. The Morgan fingerprint density at radius 1 is 0.867 bits per heavy atom. The molecule has 0 aromatic heterocycles. The fourth-order valence-corrected chi connectivity index (χ4v) is 2.34. The van der Waals surface area contributed by atoms with Gasteiger partial charge in [-0.05, 0) is 35.9 Å². The zero-order valence-corrected chi connectivity index (χ0v) is 15.4. The molecule has 30 heavy (non-hydrogen) atoms. The van der Waals surface area contributed by atoms with Crippen LogP contribution in [-0.2, 0) is 28.4 Å². The van der Waals surface area contributed by atoms with E-state index in [0.717, 1.165) is 0 Å². The average molecular weight is 434 g/mol. The Kier molecular flexibility index (Phi) is 6.96. The number of carbonyl (C=O) groups is 2. The summed E-state index contributed by atoms with van der Waals surface area (Å²) in [7, 11) is 1.49. The van der Waals surface area contributed by atoms with Gasteiger partial charge in [0, 0.05) is 12.7 Å². The van der Waals surface area contributed by atoms with Gasteiger partial charge in [0.1, 0.15) is 5.75 Å². The van der Waals surface area contributed by atoms with E-state index in [1.165, 1.54) is 19.2 Å². The molecule has 0 atom stereocenters. The van der Waals surface area contributed by atoms with Gasteiger partial charge in [0.25, 0.3) is 5.91 Å². The van der Waals surface area contributed by atoms with Gasteiger partial charge in [-0.2, -0.15) is 26.3 Å². The molecule has 0 unspecified atom stereocenters. The van der Waals surface area contributed by atoms with Gasteiger partial charge in [0.05, 0.1) is 17.5 Å². The molecule has 5 nitrogen and oxygen atoms in total. The second-order valence-corrected chi connectivity index (χ2v) is 6.13. The average Bonchev–Trinajstić information content (AvgIpc) is 2.66. The zero-order valence-electron chi connectivity index (χ0n) is 15.4. The Labute approximate surface area is 167 Å². The SMILES string of the molecule is CNC(=O)Cc1ccc(NC(=O)COc2cc(C(F)(F)F)cc(C(F)(F)F)c2)cc1. The molecular formula is C19H16F6N2O3. The minimum absolute atomic E-state index is 0.0344. The van der Waals surface area contributed by atoms with E-state index in [1.54, 1.807) is 12.1 Å². The standard InChI is InChI=1S/C19H16F6N2O3/c1-26-16(28)6-11-2-4-14(5-3-11)27-17(29)10-30-15-8-12(18(20,21)22)7-13(9-15)19(23,24)25/h2-5,7-9H,6,10H2,1H3,(H,26,28)(H,27,29). The lowest BCUT2D eigenvalue weighted by molar-refractivity contribution is -0.143. The first-order chi connectivity index (χ1) is 13.9. The van der Waals surface area contributed by atoms with Crippen molar-refractivity contribution in [2.45, 2.75) is 18.8 Å². The summed E-state index contributed by atoms with van der Waals surface area (Å²) in [4.78, 5) is 23.2. The summed E-state index contributed by atoms with van der Waals surface area (Å²) in [6.07, 6.45) is -9.90. The maximum absolute atomic E-state index is 12.8. The molecule has 0 spiro atoms. The van der Waals surface area contributed by atoms with Gasteiger partial charge < -0.3 is 15.4 Å². The van der Waals surface area contributed by atoms with E-state index >= 15 is 0 Å². The first-order valence-corrected chi connectivity index (χ1v) is 8.40. The number of anilines is 1. The van der Waals surface area contributed by atoms with E-state index in [-0.39, 0.29) is 18.4 Å². The Balaban J connectivity index is 2.04. The molecule has 2 aromatic carbocycles. The van der Waals surface area contributed by atoms with Gasteiger partial charge in [-0.1, -0.05) is 12.1 Å². The molecule has 0 heterocycles. The van der Waals surface area contributed by atoms with Crippen LogP contribution in [0.5, 0.6) is 5.75 Å². The van der Waals surface area contributed by atoms with E-state index in [1.807, 2.05) is 0 Å². The van der Waals surface area contributed by atoms with Crippen LogP contribution in [0, 0.1) is 0 Å². The van der Waals surface area contributed by atoms with Crippen molar-refractivity contribution in [1.29, 1.82) is 0 Å². The molecule has 162 valence electrons. The summed E-state index contributed by atoms with van der Waals surface area (Å²) < 4.78 is 81.8. The smallest absolute Gasteiger partial charge is 0.416 e. The number of halogens is 6. The second-order valence-electron chi connectivity index (χ2n) is 6.13. The highest BCUT2D eigenvalue weighted by atomic mass is 19.4. The lowest BCUT2D eigenvalue weighted by Gasteiger charge is -2.14. The first-order valence-electron chi connectivity index (χ1n) is 8.40. The molecule has 0 radical (unpaired) electrons. The number of likely N-dealkylation sites (N-methyl/N-ethyl adjacent to an activating group) is 1. The van der Waals surface area contributed by atoms with Crippen LogP contribution in [0.4, 0.5) is 32.0 Å². The maximum Gasteiger partial charge on any atom is 0.416 e. The molecule has 0 saturated heterocycles. The number of nitrogens with one attached hydrogen (secondary N) is 2. The van der Waals surface area contributed by atoms with E-state index in [9.17, 15) is 35.9 Å². The minimum Gasteiger partial charge on any atom is -0.484 e. The molecule has 0 fully saturated rings. The maximum atomic E-state index is 12.8. The van der Waals surface area contributed by atoms with Gasteiger partial charge in [-0.25, -0.2) is 0 Å². The third-order valence-electron chi connectivity index (χ3n) is 3.81. The molecule has 11 heteroatoms. The summed E-state index contributed by atoms with van der Waals surface area (Å²) in [6.45, 7) is -0.807. The summed E-state index contributed by atoms with van der Waals surface area (Å²) in [5.41, 5.74) is -2.10. The van der Waals surface area contributed by atoms with Crippen LogP contribution in [0.1, 0.15) is 16.7 Å². The number of alkyl halides is 6. The quantitative estimate of drug-likeness (QED) is 0.675. The number of rotatable bonds is 6. The highest BCUT2D eigenvalue weighted by Gasteiger charge is 2.37. The van der Waals surface area contributed by atoms with Crippen LogP contribution in [0.3, 0.4) is 0 Å². The topological polar surface area (TPSA) is 67.4 Å². The van der Waals surface area contributed by atoms with Gasteiger partial charge in [0.15, 0.2) is 6.61 Å². The van der Waals surface area contributed by atoms with Crippen molar-refractivity contribution in [3.63, 3.8) is 0 Å². The number of benzene rings is 2. The number of hydrogen-bond donors (Lipinski definition) is 2. The van der Waals surface area contributed by atoms with Crippen molar-refractivity contribution < 1.29 is 40.7 Å². The van der Waals surface area contributed by atoms with Crippen molar-refractivity contribution in [3.8, 4) is 5.75 Å². The Hall–Kier alpha value is -3.24. The van der Waals surface area contributed by atoms with Gasteiger partial charge >= 0.3 is 12.4 Å². The summed E-state index contributed by atoms with van der Waals surface area (Å²) in [5, 5.41) is 4.84. The van der Waals surface area contributed by atoms with Crippen molar-refractivity contribution in [2.75, 3.05) is 19.0 Å².